The molecule has 9 nitrogen and oxygen atoms in total. The topological polar surface area (TPSA) is 118 Å². The summed E-state index contributed by atoms with van der Waals surface area (Å²) in [5, 5.41) is 29.1. The Bertz CT molecular complexity index is 1570. The molecule has 4 aromatic rings. The normalized spacial score (nSPS) is 14.2. The Morgan fingerprint density at radius 3 is 2.43 bits per heavy atom. The molecule has 1 aromatic heterocycles. The molecule has 0 aliphatic carbocycles. The van der Waals surface area contributed by atoms with E-state index in [-0.39, 0.29) is 22.8 Å². The minimum atomic E-state index is -0.487. The lowest BCUT2D eigenvalue weighted by Gasteiger charge is -2.07. The van der Waals surface area contributed by atoms with Gasteiger partial charge in [0.1, 0.15) is 5.71 Å². The van der Waals surface area contributed by atoms with Crippen LogP contribution in [0, 0.1) is 17.0 Å². The number of methoxy groups -OCH3 is 1. The molecule has 0 radical (unpaired) electrons. The number of carbonyl (C=O) groups excluding carboxylic acids is 1. The van der Waals surface area contributed by atoms with Crippen molar-refractivity contribution in [3.8, 4) is 22.8 Å². The summed E-state index contributed by atoms with van der Waals surface area (Å²) in [6, 6.07) is 18.5. The van der Waals surface area contributed by atoms with Gasteiger partial charge in [-0.1, -0.05) is 35.9 Å². The molecule has 0 unspecified atom stereocenters. The van der Waals surface area contributed by atoms with Gasteiger partial charge in [-0.25, -0.2) is 4.98 Å². The largest absolute Gasteiger partial charge is 0.504 e. The zero-order valence-corrected chi connectivity index (χ0v) is 20.6. The lowest BCUT2D eigenvalue weighted by atomic mass is 10.00. The number of ether oxygens (including phenoxy) is 1. The number of nitro benzene ring substituents is 1. The number of aromatic nitrogens is 1. The number of non-ortho nitro benzene ring substituents is 1. The quantitative estimate of drug-likeness (QED) is 0.205. The van der Waals surface area contributed by atoms with E-state index in [0.29, 0.717) is 22.0 Å². The van der Waals surface area contributed by atoms with Gasteiger partial charge in [0.05, 0.1) is 23.3 Å². The number of aryl methyl sites for hydroxylation is 1. The smallest absolute Gasteiger partial charge is 0.283 e. The summed E-state index contributed by atoms with van der Waals surface area (Å²) in [5.41, 5.74) is 4.47. The number of hydrazone groups is 1. The summed E-state index contributed by atoms with van der Waals surface area (Å²) < 4.78 is 5.19. The molecule has 3 aromatic carbocycles. The van der Waals surface area contributed by atoms with Crippen LogP contribution in [0.25, 0.3) is 17.3 Å². The van der Waals surface area contributed by atoms with Crippen molar-refractivity contribution in [1.82, 2.24) is 4.98 Å². The number of phenols is 1. The number of nitro groups is 1. The number of phenolic OH excluding ortho intramolecular Hbond substituents is 1. The van der Waals surface area contributed by atoms with Crippen molar-refractivity contribution in [1.29, 1.82) is 0 Å². The molecule has 0 spiro atoms. The molecule has 184 valence electrons. The number of hydrogen-bond donors (Lipinski definition) is 1. The maximum Gasteiger partial charge on any atom is 0.283 e. The highest BCUT2D eigenvalue weighted by atomic mass is 32.1. The molecule has 1 aliphatic rings. The summed E-state index contributed by atoms with van der Waals surface area (Å²) >= 11 is 1.29. The first-order valence-electron chi connectivity index (χ1n) is 11.1. The van der Waals surface area contributed by atoms with Crippen LogP contribution in [0.3, 0.4) is 0 Å². The Balaban J connectivity index is 1.57. The van der Waals surface area contributed by atoms with Gasteiger partial charge >= 0.3 is 0 Å². The zero-order valence-electron chi connectivity index (χ0n) is 19.8. The Morgan fingerprint density at radius 2 is 1.76 bits per heavy atom. The predicted octanol–water partition coefficient (Wildman–Crippen LogP) is 5.58. The monoisotopic (exact) mass is 512 g/mol. The van der Waals surface area contributed by atoms with Crippen molar-refractivity contribution in [2.45, 2.75) is 6.92 Å². The first-order valence-corrected chi connectivity index (χ1v) is 12.0. The van der Waals surface area contributed by atoms with Crippen LogP contribution in [0.2, 0.25) is 0 Å². The number of aromatic hydroxyl groups is 1. The van der Waals surface area contributed by atoms with Crippen LogP contribution in [0.4, 0.5) is 10.8 Å². The lowest BCUT2D eigenvalue weighted by Crippen LogP contribution is -2.21. The van der Waals surface area contributed by atoms with Crippen molar-refractivity contribution in [2.24, 2.45) is 5.10 Å². The first kappa shape index (κ1) is 23.9. The van der Waals surface area contributed by atoms with E-state index in [4.69, 9.17) is 4.74 Å². The van der Waals surface area contributed by atoms with Gasteiger partial charge in [-0.15, -0.1) is 11.3 Å². The molecule has 0 bridgehead atoms. The van der Waals surface area contributed by atoms with Gasteiger partial charge in [0.15, 0.2) is 11.5 Å². The van der Waals surface area contributed by atoms with Crippen molar-refractivity contribution >= 4 is 39.9 Å². The zero-order chi connectivity index (χ0) is 26.1. The number of thiazole rings is 1. The average Bonchev–Trinajstić information content (AvgIpc) is 3.51. The number of carbonyl (C=O) groups is 1. The van der Waals surface area contributed by atoms with E-state index in [1.165, 1.54) is 41.7 Å². The number of anilines is 1. The summed E-state index contributed by atoms with van der Waals surface area (Å²) in [6.45, 7) is 2.01. The second kappa shape index (κ2) is 9.67. The third-order valence-electron chi connectivity index (χ3n) is 5.76. The van der Waals surface area contributed by atoms with Gasteiger partial charge in [-0.2, -0.15) is 10.1 Å². The standard InChI is InChI=1S/C27H20N4O5S/c1-16-3-6-18(7-4-16)22-15-37-27(28-22)30-26(33)21(13-17-5-12-23(32)24(14-17)36-2)25(29-30)19-8-10-20(11-9-19)31(34)35/h3-15,32H,1-2H3/b21-13+. The Morgan fingerprint density at radius 1 is 1.05 bits per heavy atom. The van der Waals surface area contributed by atoms with Gasteiger partial charge in [0, 0.05) is 28.6 Å². The predicted molar refractivity (Wildman–Crippen MR) is 142 cm³/mol. The van der Waals surface area contributed by atoms with E-state index >= 15 is 0 Å². The van der Waals surface area contributed by atoms with E-state index in [0.717, 1.165) is 16.8 Å². The van der Waals surface area contributed by atoms with E-state index in [9.17, 15) is 20.0 Å². The second-order valence-electron chi connectivity index (χ2n) is 8.24. The first-order chi connectivity index (χ1) is 17.8. The highest BCUT2D eigenvalue weighted by Crippen LogP contribution is 2.34. The average molecular weight is 513 g/mol. The fourth-order valence-electron chi connectivity index (χ4n) is 3.80. The number of amides is 1. The summed E-state index contributed by atoms with van der Waals surface area (Å²) in [7, 11) is 1.44. The molecular formula is C27H20N4O5S. The molecule has 5 rings (SSSR count). The van der Waals surface area contributed by atoms with E-state index in [1.807, 2.05) is 36.6 Å². The van der Waals surface area contributed by atoms with Crippen LogP contribution < -0.4 is 9.75 Å². The van der Waals surface area contributed by atoms with Crippen LogP contribution in [0.5, 0.6) is 11.5 Å². The molecule has 0 saturated heterocycles. The van der Waals surface area contributed by atoms with E-state index in [2.05, 4.69) is 10.1 Å². The molecule has 0 saturated carbocycles. The minimum absolute atomic E-state index is 0.0281. The van der Waals surface area contributed by atoms with Gasteiger partial charge < -0.3 is 9.84 Å². The van der Waals surface area contributed by atoms with Crippen molar-refractivity contribution in [3.63, 3.8) is 0 Å². The molecule has 1 amide bonds. The van der Waals surface area contributed by atoms with Crippen LogP contribution in [0.1, 0.15) is 16.7 Å². The third-order valence-corrected chi connectivity index (χ3v) is 6.58. The van der Waals surface area contributed by atoms with Gasteiger partial charge in [0.2, 0.25) is 5.13 Å². The maximum absolute atomic E-state index is 13.6. The Labute approximate surface area is 215 Å². The second-order valence-corrected chi connectivity index (χ2v) is 9.08. The van der Waals surface area contributed by atoms with Gasteiger partial charge in [0.25, 0.3) is 11.6 Å². The fraction of sp³-hybridized carbons (Fsp3) is 0.0741. The third kappa shape index (κ3) is 4.69. The van der Waals surface area contributed by atoms with E-state index < -0.39 is 10.8 Å². The molecule has 1 N–H and O–H groups in total. The lowest BCUT2D eigenvalue weighted by molar-refractivity contribution is -0.384. The van der Waals surface area contributed by atoms with Crippen molar-refractivity contribution < 1.29 is 19.6 Å². The molecule has 37 heavy (non-hydrogen) atoms. The highest BCUT2D eigenvalue weighted by molar-refractivity contribution is 7.14. The number of rotatable bonds is 6. The van der Waals surface area contributed by atoms with Gasteiger partial charge in [-0.05, 0) is 42.8 Å². The van der Waals surface area contributed by atoms with Crippen LogP contribution in [0.15, 0.2) is 82.8 Å². The van der Waals surface area contributed by atoms with Crippen molar-refractivity contribution in [2.75, 3.05) is 12.1 Å². The summed E-state index contributed by atoms with van der Waals surface area (Å²) in [4.78, 5) is 28.9. The molecule has 0 fully saturated rings. The van der Waals surface area contributed by atoms with Crippen molar-refractivity contribution in [3.05, 3.63) is 104 Å². The van der Waals surface area contributed by atoms with Crippen LogP contribution >= 0.6 is 11.3 Å². The Kier molecular flexibility index (Phi) is 6.24. The summed E-state index contributed by atoms with van der Waals surface area (Å²) in [5.74, 6) is -0.168. The number of benzene rings is 3. The fourth-order valence-corrected chi connectivity index (χ4v) is 4.58. The molecule has 1 aliphatic heterocycles. The minimum Gasteiger partial charge on any atom is -0.504 e. The highest BCUT2D eigenvalue weighted by Gasteiger charge is 2.34. The summed E-state index contributed by atoms with van der Waals surface area (Å²) in [6.07, 6.45) is 1.64. The molecule has 10 heteroatoms. The molecule has 2 heterocycles. The van der Waals surface area contributed by atoms with Crippen LogP contribution in [-0.2, 0) is 4.79 Å². The maximum atomic E-state index is 13.6. The number of hydrogen-bond acceptors (Lipinski definition) is 8. The molecule has 0 atom stereocenters. The molecular weight excluding hydrogens is 492 g/mol. The SMILES string of the molecule is COc1cc(/C=C2/C(=O)N(c3nc(-c4ccc(C)cc4)cs3)N=C2c2ccc([N+](=O)[O-])cc2)ccc1O. The number of nitrogens with zero attached hydrogens (tertiary/aromatic N) is 4. The van der Waals surface area contributed by atoms with Gasteiger partial charge in [-0.3, -0.25) is 14.9 Å². The van der Waals surface area contributed by atoms with Crippen LogP contribution in [-0.4, -0.2) is 33.7 Å². The van der Waals surface area contributed by atoms with E-state index in [1.54, 1.807) is 30.3 Å². The Hall–Kier alpha value is -4.83.